The summed E-state index contributed by atoms with van der Waals surface area (Å²) in [5.74, 6) is 1.72. The molecule has 0 saturated heterocycles. The van der Waals surface area contributed by atoms with Gasteiger partial charge in [-0.1, -0.05) is 0 Å². The summed E-state index contributed by atoms with van der Waals surface area (Å²) in [5.41, 5.74) is 0.744. The molecule has 24 heavy (non-hydrogen) atoms. The highest BCUT2D eigenvalue weighted by atomic mass is 16.5. The van der Waals surface area contributed by atoms with Gasteiger partial charge in [-0.25, -0.2) is 9.97 Å². The van der Waals surface area contributed by atoms with Crippen LogP contribution in [0.5, 0.6) is 11.5 Å². The Labute approximate surface area is 139 Å². The standard InChI is InChI=1S/C16H20N4O4/c1-23-11-5-6-12(13(8-11)24-2)20-15-9-14(18-10-19-15)17-7-3-4-16(21)22/h5-6,8-10H,3-4,7H2,1-2H3,(H,21,22)(H2,17,18,19,20). The summed E-state index contributed by atoms with van der Waals surface area (Å²) < 4.78 is 10.5. The largest absolute Gasteiger partial charge is 0.497 e. The van der Waals surface area contributed by atoms with Crippen LogP contribution in [0.1, 0.15) is 12.8 Å². The van der Waals surface area contributed by atoms with E-state index in [1.54, 1.807) is 26.4 Å². The number of ether oxygens (including phenoxy) is 2. The van der Waals surface area contributed by atoms with Gasteiger partial charge in [-0.2, -0.15) is 0 Å². The lowest BCUT2D eigenvalue weighted by molar-refractivity contribution is -0.137. The van der Waals surface area contributed by atoms with Gasteiger partial charge in [-0.3, -0.25) is 4.79 Å². The van der Waals surface area contributed by atoms with Crippen LogP contribution in [0.25, 0.3) is 0 Å². The van der Waals surface area contributed by atoms with E-state index >= 15 is 0 Å². The molecular formula is C16H20N4O4. The normalized spacial score (nSPS) is 10.1. The van der Waals surface area contributed by atoms with Gasteiger partial charge in [-0.05, 0) is 18.6 Å². The maximum Gasteiger partial charge on any atom is 0.303 e. The molecule has 0 spiro atoms. The zero-order valence-electron chi connectivity index (χ0n) is 13.6. The number of carboxylic acid groups (broad SMARTS) is 1. The fourth-order valence-corrected chi connectivity index (χ4v) is 2.02. The first kappa shape index (κ1) is 17.3. The fourth-order valence-electron chi connectivity index (χ4n) is 2.02. The first-order chi connectivity index (χ1) is 11.6. The average Bonchev–Trinajstić information content (AvgIpc) is 2.59. The summed E-state index contributed by atoms with van der Waals surface area (Å²) in [5, 5.41) is 14.8. The number of hydrogen-bond acceptors (Lipinski definition) is 7. The minimum atomic E-state index is -0.812. The lowest BCUT2D eigenvalue weighted by atomic mass is 10.2. The van der Waals surface area contributed by atoms with E-state index in [1.807, 2.05) is 12.1 Å². The summed E-state index contributed by atoms with van der Waals surface area (Å²) >= 11 is 0. The lowest BCUT2D eigenvalue weighted by Crippen LogP contribution is -2.07. The van der Waals surface area contributed by atoms with Crippen molar-refractivity contribution in [1.29, 1.82) is 0 Å². The SMILES string of the molecule is COc1ccc(Nc2cc(NCCCC(=O)O)ncn2)c(OC)c1. The van der Waals surface area contributed by atoms with E-state index < -0.39 is 5.97 Å². The number of nitrogens with zero attached hydrogens (tertiary/aromatic N) is 2. The van der Waals surface area contributed by atoms with E-state index in [0.29, 0.717) is 36.1 Å². The molecule has 2 aromatic rings. The van der Waals surface area contributed by atoms with Crippen LogP contribution < -0.4 is 20.1 Å². The molecule has 3 N–H and O–H groups in total. The number of aliphatic carboxylic acids is 1. The molecule has 0 unspecified atom stereocenters. The van der Waals surface area contributed by atoms with Crippen molar-refractivity contribution in [2.75, 3.05) is 31.4 Å². The van der Waals surface area contributed by atoms with E-state index in [4.69, 9.17) is 14.6 Å². The third-order valence-electron chi connectivity index (χ3n) is 3.21. The van der Waals surface area contributed by atoms with Crippen molar-refractivity contribution in [3.63, 3.8) is 0 Å². The van der Waals surface area contributed by atoms with Gasteiger partial charge in [0.25, 0.3) is 0 Å². The number of methoxy groups -OCH3 is 2. The van der Waals surface area contributed by atoms with Crippen molar-refractivity contribution in [1.82, 2.24) is 9.97 Å². The molecule has 0 bridgehead atoms. The molecule has 0 aliphatic carbocycles. The van der Waals surface area contributed by atoms with E-state index in [9.17, 15) is 4.79 Å². The molecule has 1 heterocycles. The van der Waals surface area contributed by atoms with Crippen LogP contribution in [-0.2, 0) is 4.79 Å². The van der Waals surface area contributed by atoms with E-state index in [-0.39, 0.29) is 6.42 Å². The van der Waals surface area contributed by atoms with Gasteiger partial charge in [0.15, 0.2) is 0 Å². The van der Waals surface area contributed by atoms with Gasteiger partial charge in [-0.15, -0.1) is 0 Å². The molecule has 1 aromatic heterocycles. The van der Waals surface area contributed by atoms with Crippen molar-refractivity contribution in [3.8, 4) is 11.5 Å². The van der Waals surface area contributed by atoms with Gasteiger partial charge >= 0.3 is 5.97 Å². The molecule has 2 rings (SSSR count). The van der Waals surface area contributed by atoms with Crippen molar-refractivity contribution in [3.05, 3.63) is 30.6 Å². The van der Waals surface area contributed by atoms with Crippen LogP contribution in [0.3, 0.4) is 0 Å². The molecule has 0 fully saturated rings. The Morgan fingerprint density at radius 3 is 2.67 bits per heavy atom. The number of hydrogen-bond donors (Lipinski definition) is 3. The quantitative estimate of drug-likeness (QED) is 0.602. The van der Waals surface area contributed by atoms with Crippen LogP contribution >= 0.6 is 0 Å². The summed E-state index contributed by atoms with van der Waals surface area (Å²) in [4.78, 5) is 18.8. The monoisotopic (exact) mass is 332 g/mol. The zero-order chi connectivity index (χ0) is 17.4. The van der Waals surface area contributed by atoms with E-state index in [2.05, 4.69) is 20.6 Å². The number of nitrogens with one attached hydrogen (secondary N) is 2. The van der Waals surface area contributed by atoms with Crippen molar-refractivity contribution < 1.29 is 19.4 Å². The molecule has 8 nitrogen and oxygen atoms in total. The minimum absolute atomic E-state index is 0.117. The van der Waals surface area contributed by atoms with Crippen LogP contribution in [0, 0.1) is 0 Å². The fraction of sp³-hybridized carbons (Fsp3) is 0.312. The predicted molar refractivity (Wildman–Crippen MR) is 90.2 cm³/mol. The number of carbonyl (C=O) groups is 1. The second-order valence-electron chi connectivity index (χ2n) is 4.90. The molecule has 0 atom stereocenters. The van der Waals surface area contributed by atoms with Crippen LogP contribution in [0.4, 0.5) is 17.3 Å². The third-order valence-corrected chi connectivity index (χ3v) is 3.21. The highest BCUT2D eigenvalue weighted by Crippen LogP contribution is 2.31. The molecule has 1 aromatic carbocycles. The third kappa shape index (κ3) is 5.01. The van der Waals surface area contributed by atoms with Gasteiger partial charge < -0.3 is 25.2 Å². The first-order valence-corrected chi connectivity index (χ1v) is 7.39. The Morgan fingerprint density at radius 2 is 1.96 bits per heavy atom. The van der Waals surface area contributed by atoms with E-state index in [1.165, 1.54) is 6.33 Å². The molecule has 0 aliphatic heterocycles. The second kappa shape index (κ2) is 8.56. The topological polar surface area (TPSA) is 106 Å². The van der Waals surface area contributed by atoms with Gasteiger partial charge in [0.2, 0.25) is 0 Å². The Balaban J connectivity index is 2.02. The highest BCUT2D eigenvalue weighted by molar-refractivity contribution is 5.67. The molecule has 0 amide bonds. The summed E-state index contributed by atoms with van der Waals surface area (Å²) in [6.45, 7) is 0.522. The summed E-state index contributed by atoms with van der Waals surface area (Å²) in [7, 11) is 3.17. The Hall–Kier alpha value is -3.03. The summed E-state index contributed by atoms with van der Waals surface area (Å²) in [6.07, 6.45) is 2.07. The maximum absolute atomic E-state index is 10.5. The van der Waals surface area contributed by atoms with Crippen LogP contribution in [-0.4, -0.2) is 41.8 Å². The van der Waals surface area contributed by atoms with E-state index in [0.717, 1.165) is 5.69 Å². The Morgan fingerprint density at radius 1 is 1.17 bits per heavy atom. The van der Waals surface area contributed by atoms with Crippen LogP contribution in [0.15, 0.2) is 30.6 Å². The van der Waals surface area contributed by atoms with Gasteiger partial charge in [0.05, 0.1) is 19.9 Å². The number of rotatable bonds is 9. The predicted octanol–water partition coefficient (Wildman–Crippen LogP) is 2.51. The second-order valence-corrected chi connectivity index (χ2v) is 4.90. The number of aromatic nitrogens is 2. The van der Waals surface area contributed by atoms with Crippen molar-refractivity contribution in [2.24, 2.45) is 0 Å². The molecule has 0 aliphatic rings. The molecule has 0 radical (unpaired) electrons. The smallest absolute Gasteiger partial charge is 0.303 e. The van der Waals surface area contributed by atoms with Crippen molar-refractivity contribution >= 4 is 23.3 Å². The lowest BCUT2D eigenvalue weighted by Gasteiger charge is -2.12. The Bertz CT molecular complexity index is 694. The Kier molecular flexibility index (Phi) is 6.18. The van der Waals surface area contributed by atoms with Gasteiger partial charge in [0.1, 0.15) is 29.5 Å². The number of anilines is 3. The van der Waals surface area contributed by atoms with Gasteiger partial charge in [0, 0.05) is 25.1 Å². The maximum atomic E-state index is 10.5. The molecule has 128 valence electrons. The average molecular weight is 332 g/mol. The zero-order valence-corrected chi connectivity index (χ0v) is 13.6. The number of carboxylic acids is 1. The molecule has 0 saturated carbocycles. The van der Waals surface area contributed by atoms with Crippen LogP contribution in [0.2, 0.25) is 0 Å². The highest BCUT2D eigenvalue weighted by Gasteiger charge is 2.07. The molecule has 8 heteroatoms. The molecular weight excluding hydrogens is 312 g/mol. The minimum Gasteiger partial charge on any atom is -0.497 e. The first-order valence-electron chi connectivity index (χ1n) is 7.39. The summed E-state index contributed by atoms with van der Waals surface area (Å²) in [6, 6.07) is 7.16. The number of benzene rings is 1. The van der Waals surface area contributed by atoms with Crippen molar-refractivity contribution in [2.45, 2.75) is 12.8 Å².